The second kappa shape index (κ2) is 23.7. The first-order valence-corrected chi connectivity index (χ1v) is 19.6. The number of pyridine rings is 5. The molecule has 5 nitrogen and oxygen atoms in total. The van der Waals surface area contributed by atoms with Crippen LogP contribution in [-0.2, 0) is 17.1 Å². The number of hydrogen-bond donors (Lipinski definition) is 0. The van der Waals surface area contributed by atoms with Crippen LogP contribution in [0.5, 0.6) is 0 Å². The molecule has 0 spiro atoms. The van der Waals surface area contributed by atoms with E-state index in [1.165, 1.54) is 33.4 Å². The molecule has 5 heterocycles. The van der Waals surface area contributed by atoms with Crippen molar-refractivity contribution in [2.24, 2.45) is 0 Å². The van der Waals surface area contributed by atoms with Crippen LogP contribution in [0.25, 0.3) is 67.2 Å². The Morgan fingerprint density at radius 2 is 0.607 bits per heavy atom. The first-order chi connectivity index (χ1) is 29.8. The summed E-state index contributed by atoms with van der Waals surface area (Å²) in [5.41, 5.74) is 13.3. The van der Waals surface area contributed by atoms with Gasteiger partial charge >= 0.3 is 0 Å². The maximum atomic E-state index is 4.51. The number of benzene rings is 5. The van der Waals surface area contributed by atoms with Crippen molar-refractivity contribution in [3.8, 4) is 67.2 Å². The minimum absolute atomic E-state index is 0. The predicted molar refractivity (Wildman–Crippen MR) is 246 cm³/mol. The third-order valence-electron chi connectivity index (χ3n) is 9.22. The molecule has 0 N–H and O–H groups in total. The molecule has 0 aliphatic heterocycles. The van der Waals surface area contributed by atoms with Crippen LogP contribution in [0.3, 0.4) is 0 Å². The van der Waals surface area contributed by atoms with Crippen molar-refractivity contribution < 1.29 is 17.1 Å². The predicted octanol–water partition coefficient (Wildman–Crippen LogP) is 13.5. The molecule has 10 aromatic rings. The van der Waals surface area contributed by atoms with Crippen LogP contribution in [-0.4, -0.2) is 24.9 Å². The van der Waals surface area contributed by atoms with Gasteiger partial charge in [-0.3, -0.25) is 19.9 Å². The van der Waals surface area contributed by atoms with Gasteiger partial charge in [0.2, 0.25) is 0 Å². The molecule has 0 amide bonds. The zero-order valence-electron chi connectivity index (χ0n) is 33.3. The Kier molecular flexibility index (Phi) is 16.7. The van der Waals surface area contributed by atoms with Gasteiger partial charge in [-0.2, -0.15) is 0 Å². The van der Waals surface area contributed by atoms with E-state index in [1.54, 1.807) is 6.20 Å². The Morgan fingerprint density at radius 1 is 0.262 bits per heavy atom. The standard InChI is InChI=1S/C22H16N2.C11H8N.2C11H9N.Fe/c1-3-7-17(8-4-1)19-11-13-23-21(15-19)22-16-20(12-14-24-22)18-9-5-2-6-10-18;1-2-6-10(7-3-1)11-8-4-5-9-12-11;2*1-2-4-10(5-3-1)11-6-8-12-9-7-11;/h1-16H;1-6,8-9H;2*1-9H;/q;-1;;;. The Bertz CT molecular complexity index is 2340. The summed E-state index contributed by atoms with van der Waals surface area (Å²) in [6.45, 7) is 0. The molecule has 5 aromatic heterocycles. The van der Waals surface area contributed by atoms with Crippen molar-refractivity contribution in [3.63, 3.8) is 0 Å². The van der Waals surface area contributed by atoms with E-state index in [9.17, 15) is 0 Å². The molecular weight excluding hydrogens is 786 g/mol. The Balaban J connectivity index is 0.000000144. The van der Waals surface area contributed by atoms with Crippen LogP contribution >= 0.6 is 0 Å². The molecule has 61 heavy (non-hydrogen) atoms. The number of rotatable bonds is 6. The van der Waals surface area contributed by atoms with Gasteiger partial charge in [0.15, 0.2) is 0 Å². The number of aromatic nitrogens is 5. The molecule has 0 aliphatic rings. The summed E-state index contributed by atoms with van der Waals surface area (Å²) in [5, 5.41) is 0. The average molecular weight is 829 g/mol. The fourth-order valence-corrected chi connectivity index (χ4v) is 6.19. The van der Waals surface area contributed by atoms with E-state index in [0.717, 1.165) is 33.8 Å². The minimum atomic E-state index is 0. The minimum Gasteiger partial charge on any atom is -0.305 e. The Hall–Kier alpha value is -7.63. The molecule has 0 radical (unpaired) electrons. The van der Waals surface area contributed by atoms with Crippen molar-refractivity contribution in [1.82, 2.24) is 24.9 Å². The van der Waals surface area contributed by atoms with Gasteiger partial charge in [-0.15, -0.1) is 35.9 Å². The normalized spacial score (nSPS) is 9.84. The molecule has 0 saturated carbocycles. The zero-order valence-corrected chi connectivity index (χ0v) is 34.4. The van der Waals surface area contributed by atoms with Crippen LogP contribution in [0.4, 0.5) is 0 Å². The quantitative estimate of drug-likeness (QED) is 0.123. The van der Waals surface area contributed by atoms with Crippen LogP contribution in [0.15, 0.2) is 256 Å². The molecule has 0 saturated heterocycles. The topological polar surface area (TPSA) is 64.5 Å². The molecule has 0 aliphatic carbocycles. The molecular formula is C55H42FeN5-. The van der Waals surface area contributed by atoms with E-state index >= 15 is 0 Å². The molecule has 296 valence electrons. The third-order valence-corrected chi connectivity index (χ3v) is 9.22. The van der Waals surface area contributed by atoms with E-state index in [2.05, 4.69) is 91.6 Å². The molecule has 5 aromatic carbocycles. The molecule has 0 atom stereocenters. The van der Waals surface area contributed by atoms with Crippen molar-refractivity contribution in [2.45, 2.75) is 0 Å². The van der Waals surface area contributed by atoms with Gasteiger partial charge in [-0.05, 0) is 105 Å². The maximum Gasteiger partial charge on any atom is 0.0892 e. The van der Waals surface area contributed by atoms with Gasteiger partial charge in [0.25, 0.3) is 0 Å². The van der Waals surface area contributed by atoms with Crippen molar-refractivity contribution >= 4 is 0 Å². The SMILES string of the molecule is [Fe].[c-]1ccccc1-c1ccccn1.c1ccc(-c2ccnc(-c3cc(-c4ccccc4)ccn3)c2)cc1.c1ccc(-c2ccncc2)cc1.c1ccc(-c2ccncc2)cc1. The first-order valence-electron chi connectivity index (χ1n) is 19.6. The van der Waals surface area contributed by atoms with E-state index in [4.69, 9.17) is 0 Å². The largest absolute Gasteiger partial charge is 0.305 e. The zero-order chi connectivity index (χ0) is 40.9. The van der Waals surface area contributed by atoms with E-state index in [0.29, 0.717) is 0 Å². The smallest absolute Gasteiger partial charge is 0.0892 e. The first kappa shape index (κ1) is 43.0. The van der Waals surface area contributed by atoms with Crippen LogP contribution in [0.2, 0.25) is 0 Å². The van der Waals surface area contributed by atoms with Gasteiger partial charge < -0.3 is 4.98 Å². The summed E-state index contributed by atoms with van der Waals surface area (Å²) in [6, 6.07) is 74.3. The van der Waals surface area contributed by atoms with E-state index < -0.39 is 0 Å². The van der Waals surface area contributed by atoms with E-state index in [1.807, 2.05) is 189 Å². The van der Waals surface area contributed by atoms with Gasteiger partial charge in [0, 0.05) is 60.4 Å². The van der Waals surface area contributed by atoms with Gasteiger partial charge in [0.1, 0.15) is 0 Å². The summed E-state index contributed by atoms with van der Waals surface area (Å²) in [6.07, 6.45) is 12.7. The molecule has 0 bridgehead atoms. The van der Waals surface area contributed by atoms with Gasteiger partial charge in [0.05, 0.1) is 11.4 Å². The van der Waals surface area contributed by atoms with Gasteiger partial charge in [-0.25, -0.2) is 0 Å². The summed E-state index contributed by atoms with van der Waals surface area (Å²) in [7, 11) is 0. The Labute approximate surface area is 369 Å². The van der Waals surface area contributed by atoms with Crippen molar-refractivity contribution in [3.05, 3.63) is 262 Å². The number of nitrogens with zero attached hydrogens (tertiary/aromatic N) is 5. The van der Waals surface area contributed by atoms with Crippen LogP contribution < -0.4 is 0 Å². The average Bonchev–Trinajstić information content (AvgIpc) is 3.37. The summed E-state index contributed by atoms with van der Waals surface area (Å²) in [4.78, 5) is 21.2. The molecule has 10 rings (SSSR count). The van der Waals surface area contributed by atoms with Crippen molar-refractivity contribution in [1.29, 1.82) is 0 Å². The fraction of sp³-hybridized carbons (Fsp3) is 0. The van der Waals surface area contributed by atoms with Crippen LogP contribution in [0, 0.1) is 6.07 Å². The van der Waals surface area contributed by atoms with Gasteiger partial charge in [-0.1, -0.05) is 133 Å². The Morgan fingerprint density at radius 3 is 0.984 bits per heavy atom. The third kappa shape index (κ3) is 13.2. The fourth-order valence-electron chi connectivity index (χ4n) is 6.19. The maximum absolute atomic E-state index is 4.51. The summed E-state index contributed by atoms with van der Waals surface area (Å²) in [5.74, 6) is 0. The van der Waals surface area contributed by atoms with Crippen LogP contribution in [0.1, 0.15) is 0 Å². The summed E-state index contributed by atoms with van der Waals surface area (Å²) >= 11 is 0. The molecule has 0 fully saturated rings. The second-order valence-electron chi connectivity index (χ2n) is 13.3. The monoisotopic (exact) mass is 828 g/mol. The molecule has 0 unspecified atom stereocenters. The second-order valence-corrected chi connectivity index (χ2v) is 13.3. The summed E-state index contributed by atoms with van der Waals surface area (Å²) < 4.78 is 0. The van der Waals surface area contributed by atoms with Crippen molar-refractivity contribution in [2.75, 3.05) is 0 Å². The molecule has 6 heteroatoms. The number of hydrogen-bond acceptors (Lipinski definition) is 5. The van der Waals surface area contributed by atoms with E-state index in [-0.39, 0.29) is 17.1 Å².